The van der Waals surface area contributed by atoms with Gasteiger partial charge in [-0.1, -0.05) is 0 Å². The summed E-state index contributed by atoms with van der Waals surface area (Å²) in [5.74, 6) is -0.113. The van der Waals surface area contributed by atoms with Gasteiger partial charge < -0.3 is 50.1 Å². The van der Waals surface area contributed by atoms with Gasteiger partial charge in [-0.25, -0.2) is 18.7 Å². The molecule has 13 nitrogen and oxygen atoms in total. The van der Waals surface area contributed by atoms with Crippen LogP contribution in [0.1, 0.15) is 38.2 Å². The third-order valence-corrected chi connectivity index (χ3v) is 8.71. The molecule has 47 heavy (non-hydrogen) atoms. The molecule has 0 unspecified atom stereocenters. The summed E-state index contributed by atoms with van der Waals surface area (Å²) < 4.78 is 40.6. The Morgan fingerprint density at radius 3 is 2.23 bits per heavy atom. The van der Waals surface area contributed by atoms with Crippen LogP contribution in [0.5, 0.6) is 11.5 Å². The van der Waals surface area contributed by atoms with Crippen molar-refractivity contribution < 1.29 is 48.6 Å². The number of nitrogens with one attached hydrogen (secondary N) is 1. The molecule has 2 aliphatic heterocycles. The zero-order valence-corrected chi connectivity index (χ0v) is 26.7. The average Bonchev–Trinajstić information content (AvgIpc) is 3.05. The first-order chi connectivity index (χ1) is 22.6. The molecular weight excluding hydrogens is 620 g/mol. The highest BCUT2D eigenvalue weighted by Crippen LogP contribution is 2.26. The fraction of sp³-hybridized carbons (Fsp3) is 0.656. The zero-order valence-electron chi connectivity index (χ0n) is 26.7. The van der Waals surface area contributed by atoms with E-state index < -0.39 is 55.0 Å². The maximum Gasteiger partial charge on any atom is 0.227 e. The number of aliphatic hydroxyl groups is 5. The van der Waals surface area contributed by atoms with Crippen LogP contribution >= 0.6 is 0 Å². The third kappa shape index (κ3) is 10.4. The van der Waals surface area contributed by atoms with Crippen molar-refractivity contribution in [1.29, 1.82) is 0 Å². The summed E-state index contributed by atoms with van der Waals surface area (Å²) in [7, 11) is 0. The molecule has 0 spiro atoms. The van der Waals surface area contributed by atoms with Crippen LogP contribution in [0.3, 0.4) is 0 Å². The normalized spacial score (nSPS) is 18.4. The molecule has 4 rings (SSSR count). The van der Waals surface area contributed by atoms with Crippen LogP contribution in [-0.2, 0) is 11.2 Å². The zero-order chi connectivity index (χ0) is 33.9. The Morgan fingerprint density at radius 1 is 0.979 bits per heavy atom. The number of carbonyl (C=O) groups is 1. The molecule has 2 saturated heterocycles. The predicted octanol–water partition coefficient (Wildman–Crippen LogP) is 0.256. The van der Waals surface area contributed by atoms with Crippen LogP contribution in [0.15, 0.2) is 24.5 Å². The maximum absolute atomic E-state index is 14.8. The highest BCUT2D eigenvalue weighted by atomic mass is 19.1. The number of piperidine rings is 1. The standard InChI is InChI=1S/C32H47F2N5O8/c1-2-46-23-14-36-32(37-15-23)38-7-5-20(6-8-38)4-3-9-47-22-10-25(33)24(26(34)11-22)12-29(43)39-17-21(18-39)13-35-16-27(41)30(44)31(45)28(42)19-40/h10-11,14-15,20-21,27-28,30-31,35,40-42,44-45H,2-9,12-13,16-19H2,1H3/t27-,28+,30+,31+/m0/s1. The van der Waals surface area contributed by atoms with Crippen LogP contribution in [0.4, 0.5) is 14.7 Å². The number of aromatic nitrogens is 2. The van der Waals surface area contributed by atoms with E-state index in [4.69, 9.17) is 14.6 Å². The van der Waals surface area contributed by atoms with Crippen molar-refractivity contribution in [3.63, 3.8) is 0 Å². The molecule has 1 amide bonds. The lowest BCUT2D eigenvalue weighted by molar-refractivity contribution is -0.136. The van der Waals surface area contributed by atoms with E-state index in [1.165, 1.54) is 4.90 Å². The molecular formula is C32H47F2N5O8. The van der Waals surface area contributed by atoms with E-state index in [1.54, 1.807) is 12.4 Å². The highest BCUT2D eigenvalue weighted by molar-refractivity contribution is 5.79. The maximum atomic E-state index is 14.8. The van der Waals surface area contributed by atoms with Gasteiger partial charge in [-0.3, -0.25) is 4.79 Å². The Morgan fingerprint density at radius 2 is 1.62 bits per heavy atom. The first kappa shape index (κ1) is 36.6. The predicted molar refractivity (Wildman–Crippen MR) is 167 cm³/mol. The van der Waals surface area contributed by atoms with E-state index in [9.17, 15) is 34.0 Å². The second-order valence-electron chi connectivity index (χ2n) is 12.2. The Labute approximate surface area is 273 Å². The van der Waals surface area contributed by atoms with Crippen LogP contribution in [-0.4, -0.2) is 130 Å². The number of halogens is 2. The second kappa shape index (κ2) is 17.8. The van der Waals surface area contributed by atoms with Crippen LogP contribution < -0.4 is 19.7 Å². The minimum absolute atomic E-state index is 0.0292. The van der Waals surface area contributed by atoms with Crippen molar-refractivity contribution in [3.8, 4) is 11.5 Å². The molecule has 6 N–H and O–H groups in total. The van der Waals surface area contributed by atoms with E-state index in [0.29, 0.717) is 50.5 Å². The van der Waals surface area contributed by atoms with Gasteiger partial charge in [0.05, 0.1) is 44.7 Å². The van der Waals surface area contributed by atoms with Crippen LogP contribution in [0.25, 0.3) is 0 Å². The van der Waals surface area contributed by atoms with Gasteiger partial charge in [0.1, 0.15) is 35.7 Å². The van der Waals surface area contributed by atoms with Gasteiger partial charge in [-0.2, -0.15) is 0 Å². The quantitative estimate of drug-likeness (QED) is 0.120. The van der Waals surface area contributed by atoms with Gasteiger partial charge in [-0.05, 0) is 38.5 Å². The lowest BCUT2D eigenvalue weighted by Gasteiger charge is -2.39. The number of hydrogen-bond donors (Lipinski definition) is 6. The van der Waals surface area contributed by atoms with Gasteiger partial charge >= 0.3 is 0 Å². The molecule has 15 heteroatoms. The molecule has 2 fully saturated rings. The average molecular weight is 668 g/mol. The summed E-state index contributed by atoms with van der Waals surface area (Å²) >= 11 is 0. The summed E-state index contributed by atoms with van der Waals surface area (Å²) in [5.41, 5.74) is -0.312. The molecule has 0 radical (unpaired) electrons. The van der Waals surface area contributed by atoms with Crippen molar-refractivity contribution in [2.45, 2.75) is 63.4 Å². The van der Waals surface area contributed by atoms with Gasteiger partial charge in [0, 0.05) is 62.9 Å². The Balaban J connectivity index is 1.11. The number of aliphatic hydroxyl groups excluding tert-OH is 5. The number of likely N-dealkylation sites (tertiary alicyclic amines) is 1. The molecule has 1 aromatic heterocycles. The van der Waals surface area contributed by atoms with E-state index in [1.807, 2.05) is 6.92 Å². The van der Waals surface area contributed by atoms with Crippen LogP contribution in [0.2, 0.25) is 0 Å². The third-order valence-electron chi connectivity index (χ3n) is 8.71. The molecule has 0 saturated carbocycles. The second-order valence-corrected chi connectivity index (χ2v) is 12.2. The molecule has 0 bridgehead atoms. The largest absolute Gasteiger partial charge is 0.493 e. The molecule has 0 aliphatic carbocycles. The molecule has 3 heterocycles. The van der Waals surface area contributed by atoms with Gasteiger partial charge in [-0.15, -0.1) is 0 Å². The number of hydrogen-bond acceptors (Lipinski definition) is 12. The summed E-state index contributed by atoms with van der Waals surface area (Å²) in [4.78, 5) is 25.1. The van der Waals surface area contributed by atoms with Crippen molar-refractivity contribution >= 4 is 11.9 Å². The minimum Gasteiger partial charge on any atom is -0.493 e. The fourth-order valence-corrected chi connectivity index (χ4v) is 5.81. The van der Waals surface area contributed by atoms with Gasteiger partial charge in [0.15, 0.2) is 5.75 Å². The first-order valence-electron chi connectivity index (χ1n) is 16.2. The van der Waals surface area contributed by atoms with E-state index in [0.717, 1.165) is 50.9 Å². The monoisotopic (exact) mass is 667 g/mol. The van der Waals surface area contributed by atoms with Gasteiger partial charge in [0.2, 0.25) is 11.9 Å². The molecule has 2 aliphatic rings. The number of benzene rings is 1. The topological polar surface area (TPSA) is 181 Å². The lowest BCUT2D eigenvalue weighted by Crippen LogP contribution is -2.55. The molecule has 1 aromatic carbocycles. The van der Waals surface area contributed by atoms with Crippen molar-refractivity contribution in [2.75, 3.05) is 64.0 Å². The van der Waals surface area contributed by atoms with E-state index >= 15 is 0 Å². The summed E-state index contributed by atoms with van der Waals surface area (Å²) in [5, 5.41) is 50.7. The number of anilines is 1. The molecule has 262 valence electrons. The number of rotatable bonds is 18. The Bertz CT molecular complexity index is 1240. The van der Waals surface area contributed by atoms with Crippen molar-refractivity contribution in [3.05, 3.63) is 41.7 Å². The van der Waals surface area contributed by atoms with E-state index in [2.05, 4.69) is 20.2 Å². The van der Waals surface area contributed by atoms with Crippen LogP contribution in [0, 0.1) is 23.5 Å². The fourth-order valence-electron chi connectivity index (χ4n) is 5.81. The SMILES string of the molecule is CCOc1cnc(N2CCC(CCCOc3cc(F)c(CC(=O)N4CC(CNC[C@H](O)[C@@H](O)[C@H](O)[C@H](O)CO)C4)c(F)c3)CC2)nc1. The number of nitrogens with zero attached hydrogens (tertiary/aromatic N) is 4. The first-order valence-corrected chi connectivity index (χ1v) is 16.2. The number of ether oxygens (including phenoxy) is 2. The summed E-state index contributed by atoms with van der Waals surface area (Å²) in [6.07, 6.45) is 0.270. The van der Waals surface area contributed by atoms with E-state index in [-0.39, 0.29) is 23.8 Å². The lowest BCUT2D eigenvalue weighted by atomic mass is 9.92. The number of carbonyl (C=O) groups excluding carboxylic acids is 1. The number of amides is 1. The smallest absolute Gasteiger partial charge is 0.227 e. The summed E-state index contributed by atoms with van der Waals surface area (Å²) in [6, 6.07) is 2.22. The van der Waals surface area contributed by atoms with Gasteiger partial charge in [0.25, 0.3) is 0 Å². The minimum atomic E-state index is -1.71. The highest BCUT2D eigenvalue weighted by Gasteiger charge is 2.33. The summed E-state index contributed by atoms with van der Waals surface area (Å²) in [6.45, 7) is 4.75. The Hall–Kier alpha value is -3.21. The van der Waals surface area contributed by atoms with Crippen molar-refractivity contribution in [1.82, 2.24) is 20.2 Å². The van der Waals surface area contributed by atoms with Crippen molar-refractivity contribution in [2.24, 2.45) is 11.8 Å². The molecule has 4 atom stereocenters. The molecule has 2 aromatic rings. The Kier molecular flexibility index (Phi) is 13.9.